The Morgan fingerprint density at radius 3 is 2.18 bits per heavy atom. The summed E-state index contributed by atoms with van der Waals surface area (Å²) in [6.45, 7) is -2.35. The first-order valence-electron chi connectivity index (χ1n) is 12.7. The van der Waals surface area contributed by atoms with Crippen molar-refractivity contribution in [2.45, 2.75) is 32.4 Å². The van der Waals surface area contributed by atoms with Gasteiger partial charge in [-0.1, -0.05) is 91.0 Å². The number of carbonyl (C=O) groups excluding carboxylic acids is 1. The zero-order chi connectivity index (χ0) is 27.6. The molecule has 0 aliphatic rings. The van der Waals surface area contributed by atoms with Gasteiger partial charge in [0.25, 0.3) is 5.91 Å². The molecular formula is C32H29F2NO4. The lowest BCUT2D eigenvalue weighted by Crippen LogP contribution is -2.32. The molecule has 0 bridgehead atoms. The fourth-order valence-electron chi connectivity index (χ4n) is 4.51. The molecule has 200 valence electrons. The Kier molecular flexibility index (Phi) is 9.40. The number of halogens is 2. The van der Waals surface area contributed by atoms with Gasteiger partial charge in [0, 0.05) is 13.1 Å². The first-order chi connectivity index (χ1) is 18.9. The van der Waals surface area contributed by atoms with Crippen molar-refractivity contribution < 1.29 is 28.2 Å². The number of carboxylic acids is 1. The normalized spacial score (nSPS) is 10.8. The summed E-state index contributed by atoms with van der Waals surface area (Å²) in [4.78, 5) is 26.5. The topological polar surface area (TPSA) is 66.8 Å². The molecule has 0 heterocycles. The summed E-state index contributed by atoms with van der Waals surface area (Å²) in [6, 6.07) is 30.9. The summed E-state index contributed by atoms with van der Waals surface area (Å²) in [5.41, 5.74) is 4.50. The number of aliphatic carboxylic acids is 1. The first kappa shape index (κ1) is 27.5. The second kappa shape index (κ2) is 13.3. The Morgan fingerprint density at radius 1 is 0.795 bits per heavy atom. The summed E-state index contributed by atoms with van der Waals surface area (Å²) in [5.74, 6) is -1.45. The number of alkyl halides is 2. The molecule has 0 saturated carbocycles. The molecule has 4 aromatic rings. The van der Waals surface area contributed by atoms with Gasteiger partial charge in [0.15, 0.2) is 0 Å². The molecule has 1 N–H and O–H groups in total. The van der Waals surface area contributed by atoms with Crippen LogP contribution < -0.4 is 4.74 Å². The minimum absolute atomic E-state index is 0.0803. The van der Waals surface area contributed by atoms with Gasteiger partial charge in [-0.25, -0.2) is 0 Å². The van der Waals surface area contributed by atoms with E-state index < -0.39 is 18.5 Å². The van der Waals surface area contributed by atoms with Gasteiger partial charge in [-0.3, -0.25) is 9.59 Å². The fourth-order valence-corrected chi connectivity index (χ4v) is 4.51. The minimum atomic E-state index is -3.04. The van der Waals surface area contributed by atoms with Crippen molar-refractivity contribution >= 4 is 11.9 Å². The van der Waals surface area contributed by atoms with Crippen LogP contribution in [-0.4, -0.2) is 35.0 Å². The second-order valence-corrected chi connectivity index (χ2v) is 9.12. The Labute approximate surface area is 226 Å². The van der Waals surface area contributed by atoms with E-state index in [1.54, 1.807) is 23.1 Å². The van der Waals surface area contributed by atoms with Crippen LogP contribution in [0.4, 0.5) is 8.78 Å². The van der Waals surface area contributed by atoms with E-state index in [4.69, 9.17) is 0 Å². The quantitative estimate of drug-likeness (QED) is 0.218. The molecule has 0 aromatic heterocycles. The lowest BCUT2D eigenvalue weighted by molar-refractivity contribution is -0.136. The van der Waals surface area contributed by atoms with Crippen LogP contribution in [-0.2, 0) is 24.2 Å². The average Bonchev–Trinajstić information content (AvgIpc) is 2.93. The van der Waals surface area contributed by atoms with Crippen LogP contribution in [0.3, 0.4) is 0 Å². The largest absolute Gasteiger partial charge is 0.481 e. The van der Waals surface area contributed by atoms with Gasteiger partial charge in [0.2, 0.25) is 0 Å². The monoisotopic (exact) mass is 529 g/mol. The number of carboxylic acid groups (broad SMARTS) is 1. The van der Waals surface area contributed by atoms with Gasteiger partial charge in [0.1, 0.15) is 5.75 Å². The lowest BCUT2D eigenvalue weighted by Gasteiger charge is -2.24. The molecule has 0 aliphatic heterocycles. The number of aryl methyl sites for hydroxylation is 1. The number of benzene rings is 4. The maximum Gasteiger partial charge on any atom is 0.387 e. The summed E-state index contributed by atoms with van der Waals surface area (Å²) < 4.78 is 30.6. The van der Waals surface area contributed by atoms with Gasteiger partial charge in [0.05, 0.1) is 12.0 Å². The van der Waals surface area contributed by atoms with E-state index in [-0.39, 0.29) is 24.3 Å². The molecule has 7 heteroatoms. The first-order valence-corrected chi connectivity index (χ1v) is 12.7. The number of hydrogen-bond donors (Lipinski definition) is 1. The Morgan fingerprint density at radius 2 is 1.46 bits per heavy atom. The predicted octanol–water partition coefficient (Wildman–Crippen LogP) is 6.86. The van der Waals surface area contributed by atoms with E-state index in [9.17, 15) is 23.5 Å². The van der Waals surface area contributed by atoms with E-state index >= 15 is 0 Å². The highest BCUT2D eigenvalue weighted by Gasteiger charge is 2.21. The highest BCUT2D eigenvalue weighted by atomic mass is 19.3. The third-order valence-corrected chi connectivity index (χ3v) is 6.35. The maximum atomic E-state index is 13.6. The van der Waals surface area contributed by atoms with E-state index in [2.05, 4.69) is 4.74 Å². The number of amides is 1. The number of para-hydroxylation sites is 1. The molecule has 0 spiro atoms. The Balaban J connectivity index is 1.56. The van der Waals surface area contributed by atoms with Crippen molar-refractivity contribution in [3.05, 3.63) is 125 Å². The van der Waals surface area contributed by atoms with Crippen LogP contribution in [0.2, 0.25) is 0 Å². The molecule has 0 radical (unpaired) electrons. The van der Waals surface area contributed by atoms with Crippen molar-refractivity contribution in [2.24, 2.45) is 0 Å². The maximum absolute atomic E-state index is 13.6. The smallest absolute Gasteiger partial charge is 0.387 e. The number of hydrogen-bond acceptors (Lipinski definition) is 3. The third kappa shape index (κ3) is 7.74. The summed E-state index contributed by atoms with van der Waals surface area (Å²) in [6.07, 6.45) is 1.37. The molecule has 39 heavy (non-hydrogen) atoms. The average molecular weight is 530 g/mol. The highest BCUT2D eigenvalue weighted by Crippen LogP contribution is 2.26. The molecule has 4 rings (SSSR count). The SMILES string of the molecule is O=C(O)Cc1ccccc1-c1ccc(CN(CCCc2ccccc2)C(=O)c2ccccc2OC(F)F)cc1. The van der Waals surface area contributed by atoms with Crippen LogP contribution >= 0.6 is 0 Å². The third-order valence-electron chi connectivity index (χ3n) is 6.35. The molecule has 0 atom stereocenters. The summed E-state index contributed by atoms with van der Waals surface area (Å²) in [7, 11) is 0. The zero-order valence-corrected chi connectivity index (χ0v) is 21.3. The van der Waals surface area contributed by atoms with Crippen molar-refractivity contribution in [3.63, 3.8) is 0 Å². The van der Waals surface area contributed by atoms with Crippen LogP contribution in [0.25, 0.3) is 11.1 Å². The van der Waals surface area contributed by atoms with Crippen molar-refractivity contribution in [1.82, 2.24) is 4.90 Å². The van der Waals surface area contributed by atoms with E-state index in [1.807, 2.05) is 72.8 Å². The van der Waals surface area contributed by atoms with Gasteiger partial charge < -0.3 is 14.7 Å². The summed E-state index contributed by atoms with van der Waals surface area (Å²) >= 11 is 0. The van der Waals surface area contributed by atoms with Crippen LogP contribution in [0.1, 0.15) is 33.5 Å². The number of rotatable bonds is 12. The number of ether oxygens (including phenoxy) is 1. The molecule has 1 amide bonds. The molecule has 5 nitrogen and oxygen atoms in total. The van der Waals surface area contributed by atoms with E-state index in [0.29, 0.717) is 18.5 Å². The highest BCUT2D eigenvalue weighted by molar-refractivity contribution is 5.97. The van der Waals surface area contributed by atoms with Gasteiger partial charge >= 0.3 is 12.6 Å². The molecule has 4 aromatic carbocycles. The zero-order valence-electron chi connectivity index (χ0n) is 21.3. The van der Waals surface area contributed by atoms with Gasteiger partial charge in [-0.2, -0.15) is 8.78 Å². The van der Waals surface area contributed by atoms with Gasteiger partial charge in [-0.15, -0.1) is 0 Å². The Bertz CT molecular complexity index is 1390. The van der Waals surface area contributed by atoms with Crippen LogP contribution in [0.15, 0.2) is 103 Å². The van der Waals surface area contributed by atoms with Crippen molar-refractivity contribution in [2.75, 3.05) is 6.54 Å². The predicted molar refractivity (Wildman–Crippen MR) is 146 cm³/mol. The van der Waals surface area contributed by atoms with Crippen LogP contribution in [0, 0.1) is 0 Å². The lowest BCUT2D eigenvalue weighted by atomic mass is 9.97. The van der Waals surface area contributed by atoms with E-state index in [1.165, 1.54) is 12.1 Å². The second-order valence-electron chi connectivity index (χ2n) is 9.12. The molecule has 0 saturated heterocycles. The summed E-state index contributed by atoms with van der Waals surface area (Å²) in [5, 5.41) is 9.25. The molecular weight excluding hydrogens is 500 g/mol. The van der Waals surface area contributed by atoms with Crippen molar-refractivity contribution in [3.8, 4) is 16.9 Å². The standard InChI is InChI=1S/C32H29F2NO4/c33-32(34)39-29-15-7-6-14-28(29)31(38)35(20-8-11-23-9-2-1-3-10-23)22-24-16-18-25(19-17-24)27-13-5-4-12-26(27)21-30(36)37/h1-7,9-10,12-19,32H,8,11,20-22H2,(H,36,37). The fraction of sp³-hybridized carbons (Fsp3) is 0.188. The number of nitrogens with zero attached hydrogens (tertiary/aromatic N) is 1. The minimum Gasteiger partial charge on any atom is -0.481 e. The number of carbonyl (C=O) groups is 2. The molecule has 0 aliphatic carbocycles. The Hall–Kier alpha value is -4.52. The van der Waals surface area contributed by atoms with E-state index in [0.717, 1.165) is 28.7 Å². The van der Waals surface area contributed by atoms with Crippen LogP contribution in [0.5, 0.6) is 5.75 Å². The van der Waals surface area contributed by atoms with Gasteiger partial charge in [-0.05, 0) is 52.8 Å². The van der Waals surface area contributed by atoms with Crippen molar-refractivity contribution in [1.29, 1.82) is 0 Å². The molecule has 0 unspecified atom stereocenters. The molecule has 0 fully saturated rings.